The highest BCUT2D eigenvalue weighted by Gasteiger charge is 2.42. The number of nitrogens with one attached hydrogen (secondary N) is 1. The zero-order chi connectivity index (χ0) is 21.7. The van der Waals surface area contributed by atoms with Crippen LogP contribution in [-0.2, 0) is 6.18 Å². The SMILES string of the molecule is COc1ccc(OCCNC(=O)c2nnn(-c3cccc(F)c3)c2C(F)(F)F)cc1. The summed E-state index contributed by atoms with van der Waals surface area (Å²) < 4.78 is 64.8. The molecule has 11 heteroatoms. The van der Waals surface area contributed by atoms with E-state index in [1.54, 1.807) is 24.3 Å². The summed E-state index contributed by atoms with van der Waals surface area (Å²) in [5, 5.41) is 9.03. The van der Waals surface area contributed by atoms with Gasteiger partial charge in [-0.05, 0) is 42.5 Å². The Morgan fingerprint density at radius 1 is 1.13 bits per heavy atom. The molecule has 0 bridgehead atoms. The number of carbonyl (C=O) groups is 1. The highest BCUT2D eigenvalue weighted by atomic mass is 19.4. The minimum Gasteiger partial charge on any atom is -0.497 e. The van der Waals surface area contributed by atoms with Gasteiger partial charge < -0.3 is 14.8 Å². The standard InChI is InChI=1S/C19H16F4N4O3/c1-29-14-5-7-15(8-6-14)30-10-9-24-18(28)16-17(19(21,22)23)27(26-25-16)13-4-2-3-12(20)11-13/h2-8,11H,9-10H2,1H3,(H,24,28). The third-order valence-electron chi connectivity index (χ3n) is 3.92. The van der Waals surface area contributed by atoms with Gasteiger partial charge in [0.15, 0.2) is 11.4 Å². The Kier molecular flexibility index (Phi) is 6.19. The van der Waals surface area contributed by atoms with Crippen molar-refractivity contribution in [1.82, 2.24) is 20.3 Å². The molecule has 1 heterocycles. The monoisotopic (exact) mass is 424 g/mol. The van der Waals surface area contributed by atoms with Crippen LogP contribution in [0.3, 0.4) is 0 Å². The molecule has 0 spiro atoms. The number of rotatable bonds is 7. The highest BCUT2D eigenvalue weighted by molar-refractivity contribution is 5.93. The second-order valence-corrected chi connectivity index (χ2v) is 5.96. The molecule has 30 heavy (non-hydrogen) atoms. The van der Waals surface area contributed by atoms with E-state index in [2.05, 4.69) is 15.6 Å². The summed E-state index contributed by atoms with van der Waals surface area (Å²) in [5.74, 6) is -0.698. The molecule has 1 aromatic heterocycles. The summed E-state index contributed by atoms with van der Waals surface area (Å²) in [5.41, 5.74) is -2.53. The average molecular weight is 424 g/mol. The first-order valence-electron chi connectivity index (χ1n) is 8.63. The molecule has 0 atom stereocenters. The van der Waals surface area contributed by atoms with Gasteiger partial charge in [-0.1, -0.05) is 11.3 Å². The van der Waals surface area contributed by atoms with Crippen molar-refractivity contribution < 1.29 is 31.8 Å². The van der Waals surface area contributed by atoms with Crippen molar-refractivity contribution in [2.45, 2.75) is 6.18 Å². The van der Waals surface area contributed by atoms with E-state index in [1.807, 2.05) is 0 Å². The van der Waals surface area contributed by atoms with Gasteiger partial charge in [0.2, 0.25) is 0 Å². The quantitative estimate of drug-likeness (QED) is 0.466. The molecule has 1 amide bonds. The summed E-state index contributed by atoms with van der Waals surface area (Å²) in [4.78, 5) is 12.2. The lowest BCUT2D eigenvalue weighted by molar-refractivity contribution is -0.143. The highest BCUT2D eigenvalue weighted by Crippen LogP contribution is 2.32. The Bertz CT molecular complexity index is 1020. The van der Waals surface area contributed by atoms with Gasteiger partial charge in [-0.25, -0.2) is 9.07 Å². The third-order valence-corrected chi connectivity index (χ3v) is 3.92. The fraction of sp³-hybridized carbons (Fsp3) is 0.211. The van der Waals surface area contributed by atoms with Crippen LogP contribution in [0, 0.1) is 5.82 Å². The van der Waals surface area contributed by atoms with Crippen LogP contribution < -0.4 is 14.8 Å². The largest absolute Gasteiger partial charge is 0.497 e. The molecule has 3 rings (SSSR count). The van der Waals surface area contributed by atoms with E-state index in [9.17, 15) is 22.4 Å². The maximum absolute atomic E-state index is 13.6. The molecule has 1 N–H and O–H groups in total. The first kappa shape index (κ1) is 21.1. The average Bonchev–Trinajstić information content (AvgIpc) is 3.17. The minimum atomic E-state index is -4.94. The number of halogens is 4. The zero-order valence-electron chi connectivity index (χ0n) is 15.6. The number of hydrogen-bond donors (Lipinski definition) is 1. The van der Waals surface area contributed by atoms with Gasteiger partial charge in [-0.15, -0.1) is 5.10 Å². The Hall–Kier alpha value is -3.63. The maximum atomic E-state index is 13.6. The smallest absolute Gasteiger partial charge is 0.435 e. The first-order chi connectivity index (χ1) is 14.3. The van der Waals surface area contributed by atoms with Crippen molar-refractivity contribution in [2.75, 3.05) is 20.3 Å². The number of aromatic nitrogens is 3. The van der Waals surface area contributed by atoms with Gasteiger partial charge in [0.05, 0.1) is 19.3 Å². The van der Waals surface area contributed by atoms with Crippen LogP contribution >= 0.6 is 0 Å². The molecule has 2 aromatic carbocycles. The number of carbonyl (C=O) groups excluding carboxylic acids is 1. The number of ether oxygens (including phenoxy) is 2. The Balaban J connectivity index is 1.69. The maximum Gasteiger partial charge on any atom is 0.435 e. The van der Waals surface area contributed by atoms with Gasteiger partial charge in [0, 0.05) is 0 Å². The zero-order valence-corrected chi connectivity index (χ0v) is 15.6. The van der Waals surface area contributed by atoms with E-state index in [4.69, 9.17) is 9.47 Å². The lowest BCUT2D eigenvalue weighted by Crippen LogP contribution is -2.30. The van der Waals surface area contributed by atoms with E-state index in [-0.39, 0.29) is 18.8 Å². The van der Waals surface area contributed by atoms with E-state index >= 15 is 0 Å². The molecule has 7 nitrogen and oxygen atoms in total. The van der Waals surface area contributed by atoms with Crippen molar-refractivity contribution in [3.63, 3.8) is 0 Å². The minimum absolute atomic E-state index is 0.0114. The van der Waals surface area contributed by atoms with Crippen LogP contribution in [0.25, 0.3) is 5.69 Å². The molecule has 0 saturated carbocycles. The Morgan fingerprint density at radius 2 is 1.83 bits per heavy atom. The van der Waals surface area contributed by atoms with Crippen LogP contribution in [0.2, 0.25) is 0 Å². The van der Waals surface area contributed by atoms with Crippen molar-refractivity contribution in [1.29, 1.82) is 0 Å². The third kappa shape index (κ3) is 4.85. The number of benzene rings is 2. The van der Waals surface area contributed by atoms with Gasteiger partial charge >= 0.3 is 6.18 Å². The fourth-order valence-corrected chi connectivity index (χ4v) is 2.57. The molecule has 0 saturated heterocycles. The normalized spacial score (nSPS) is 11.2. The molecule has 0 aliphatic carbocycles. The first-order valence-corrected chi connectivity index (χ1v) is 8.63. The van der Waals surface area contributed by atoms with Crippen LogP contribution in [0.15, 0.2) is 48.5 Å². The van der Waals surface area contributed by atoms with E-state index in [0.29, 0.717) is 16.2 Å². The van der Waals surface area contributed by atoms with Crippen LogP contribution in [-0.4, -0.2) is 41.2 Å². The van der Waals surface area contributed by atoms with Crippen molar-refractivity contribution in [3.05, 3.63) is 65.7 Å². The summed E-state index contributed by atoms with van der Waals surface area (Å²) in [6.07, 6.45) is -4.94. The van der Waals surface area contributed by atoms with Crippen LogP contribution in [0.4, 0.5) is 17.6 Å². The van der Waals surface area contributed by atoms with E-state index < -0.39 is 29.3 Å². The summed E-state index contributed by atoms with van der Waals surface area (Å²) in [6.45, 7) is -0.0631. The predicted octanol–water partition coefficient (Wildman–Crippen LogP) is 3.24. The van der Waals surface area contributed by atoms with Gasteiger partial charge in [-0.2, -0.15) is 13.2 Å². The fourth-order valence-electron chi connectivity index (χ4n) is 2.57. The molecular weight excluding hydrogens is 408 g/mol. The molecule has 0 aliphatic rings. The predicted molar refractivity (Wildman–Crippen MR) is 97.1 cm³/mol. The number of alkyl halides is 3. The number of amides is 1. The number of hydrogen-bond acceptors (Lipinski definition) is 5. The van der Waals surface area contributed by atoms with Crippen molar-refractivity contribution >= 4 is 5.91 Å². The van der Waals surface area contributed by atoms with E-state index in [0.717, 1.165) is 12.1 Å². The van der Waals surface area contributed by atoms with Crippen LogP contribution in [0.5, 0.6) is 11.5 Å². The van der Waals surface area contributed by atoms with Crippen molar-refractivity contribution in [3.8, 4) is 17.2 Å². The van der Waals surface area contributed by atoms with Gasteiger partial charge in [0.1, 0.15) is 23.9 Å². The summed E-state index contributed by atoms with van der Waals surface area (Å²) >= 11 is 0. The molecule has 3 aromatic rings. The molecule has 158 valence electrons. The molecule has 0 fully saturated rings. The number of nitrogens with zero attached hydrogens (tertiary/aromatic N) is 3. The van der Waals surface area contributed by atoms with Gasteiger partial charge in [0.25, 0.3) is 5.91 Å². The van der Waals surface area contributed by atoms with E-state index in [1.165, 1.54) is 19.2 Å². The molecule has 0 aliphatic heterocycles. The lowest BCUT2D eigenvalue weighted by atomic mass is 10.2. The molecule has 0 unspecified atom stereocenters. The second kappa shape index (κ2) is 8.80. The summed E-state index contributed by atoms with van der Waals surface area (Å²) in [7, 11) is 1.52. The lowest BCUT2D eigenvalue weighted by Gasteiger charge is -2.11. The van der Waals surface area contributed by atoms with Crippen LogP contribution in [0.1, 0.15) is 16.2 Å². The molecule has 0 radical (unpaired) electrons. The number of methoxy groups -OCH3 is 1. The Morgan fingerprint density at radius 3 is 2.47 bits per heavy atom. The van der Waals surface area contributed by atoms with Crippen molar-refractivity contribution in [2.24, 2.45) is 0 Å². The Labute approximate surface area is 168 Å². The van der Waals surface area contributed by atoms with Gasteiger partial charge in [-0.3, -0.25) is 4.79 Å². The topological polar surface area (TPSA) is 78.3 Å². The second-order valence-electron chi connectivity index (χ2n) is 5.96. The molecular formula is C19H16F4N4O3. The summed E-state index contributed by atoms with van der Waals surface area (Å²) in [6, 6.07) is 11.0.